The van der Waals surface area contributed by atoms with Crippen LogP contribution >= 0.6 is 11.3 Å². The molecule has 1 N–H and O–H groups in total. The molecule has 2 heterocycles. The van der Waals surface area contributed by atoms with Crippen molar-refractivity contribution >= 4 is 22.9 Å². The van der Waals surface area contributed by atoms with Gasteiger partial charge in [-0.1, -0.05) is 0 Å². The number of ether oxygens (including phenoxy) is 1. The van der Waals surface area contributed by atoms with E-state index in [1.165, 1.54) is 34.2 Å². The highest BCUT2D eigenvalue weighted by Crippen LogP contribution is 2.26. The molecule has 0 aliphatic rings. The molecule has 4 aromatic rings. The van der Waals surface area contributed by atoms with E-state index in [0.29, 0.717) is 16.5 Å². The third-order valence-electron chi connectivity index (χ3n) is 4.13. The number of nitrogens with one attached hydrogen (secondary N) is 1. The minimum absolute atomic E-state index is 0.141. The van der Waals surface area contributed by atoms with Crippen molar-refractivity contribution in [3.63, 3.8) is 0 Å². The van der Waals surface area contributed by atoms with Crippen molar-refractivity contribution in [3.8, 4) is 22.0 Å². The second kappa shape index (κ2) is 7.76. The third-order valence-corrected chi connectivity index (χ3v) is 5.02. The lowest BCUT2D eigenvalue weighted by molar-refractivity contribution is 0.102. The van der Waals surface area contributed by atoms with Crippen LogP contribution in [-0.2, 0) is 0 Å². The van der Waals surface area contributed by atoms with Crippen LogP contribution in [-0.4, -0.2) is 38.2 Å². The number of halogens is 1. The summed E-state index contributed by atoms with van der Waals surface area (Å²) in [4.78, 5) is 17.0. The van der Waals surface area contributed by atoms with Crippen LogP contribution in [0.2, 0.25) is 0 Å². The molecule has 29 heavy (non-hydrogen) atoms. The van der Waals surface area contributed by atoms with Gasteiger partial charge in [-0.2, -0.15) is 4.68 Å². The first-order valence-corrected chi connectivity index (χ1v) is 9.39. The Kier molecular flexibility index (Phi) is 5.00. The van der Waals surface area contributed by atoms with Gasteiger partial charge in [-0.25, -0.2) is 9.37 Å². The minimum atomic E-state index is -0.506. The molecule has 0 fully saturated rings. The third kappa shape index (κ3) is 3.83. The number of nitrogens with zero attached hydrogens (tertiary/aromatic N) is 5. The van der Waals surface area contributed by atoms with Gasteiger partial charge in [0.2, 0.25) is 0 Å². The largest absolute Gasteiger partial charge is 0.497 e. The van der Waals surface area contributed by atoms with E-state index >= 15 is 0 Å². The zero-order chi connectivity index (χ0) is 20.4. The zero-order valence-electron chi connectivity index (χ0n) is 15.5. The molecule has 1 amide bonds. The Bertz CT molecular complexity index is 1170. The number of benzene rings is 2. The van der Waals surface area contributed by atoms with Crippen LogP contribution in [0, 0.1) is 12.7 Å². The van der Waals surface area contributed by atoms with Crippen LogP contribution in [0.4, 0.5) is 10.1 Å². The van der Waals surface area contributed by atoms with Crippen molar-refractivity contribution in [3.05, 3.63) is 65.2 Å². The number of aromatic nitrogens is 5. The predicted molar refractivity (Wildman–Crippen MR) is 106 cm³/mol. The van der Waals surface area contributed by atoms with Gasteiger partial charge >= 0.3 is 0 Å². The van der Waals surface area contributed by atoms with Gasteiger partial charge in [-0.05, 0) is 59.8 Å². The van der Waals surface area contributed by atoms with Crippen molar-refractivity contribution in [2.45, 2.75) is 6.92 Å². The minimum Gasteiger partial charge on any atom is -0.497 e. The van der Waals surface area contributed by atoms with Gasteiger partial charge < -0.3 is 10.1 Å². The lowest BCUT2D eigenvalue weighted by atomic mass is 10.2. The monoisotopic (exact) mass is 410 g/mol. The molecule has 2 aromatic carbocycles. The molecule has 0 saturated heterocycles. The molecule has 0 bridgehead atoms. The summed E-state index contributed by atoms with van der Waals surface area (Å²) < 4.78 is 20.6. The number of hydrogen-bond donors (Lipinski definition) is 1. The summed E-state index contributed by atoms with van der Waals surface area (Å²) in [5, 5.41) is 16.1. The maximum Gasteiger partial charge on any atom is 0.275 e. The Morgan fingerprint density at radius 3 is 2.69 bits per heavy atom. The fraction of sp³-hybridized carbons (Fsp3) is 0.105. The summed E-state index contributed by atoms with van der Waals surface area (Å²) in [6.07, 6.45) is 0. The molecule has 0 aliphatic carbocycles. The number of carbonyl (C=O) groups excluding carboxylic acids is 1. The van der Waals surface area contributed by atoms with Crippen molar-refractivity contribution in [1.29, 1.82) is 0 Å². The van der Waals surface area contributed by atoms with E-state index in [2.05, 4.69) is 25.8 Å². The van der Waals surface area contributed by atoms with E-state index in [-0.39, 0.29) is 11.4 Å². The van der Waals surface area contributed by atoms with Gasteiger partial charge in [0.05, 0.1) is 7.11 Å². The van der Waals surface area contributed by atoms with Crippen LogP contribution in [0.25, 0.3) is 16.3 Å². The Hall–Kier alpha value is -3.66. The summed E-state index contributed by atoms with van der Waals surface area (Å²) in [5.41, 5.74) is 1.70. The van der Waals surface area contributed by atoms with E-state index < -0.39 is 11.7 Å². The van der Waals surface area contributed by atoms with Gasteiger partial charge in [-0.3, -0.25) is 4.79 Å². The van der Waals surface area contributed by atoms with Crippen molar-refractivity contribution in [2.75, 3.05) is 12.4 Å². The smallest absolute Gasteiger partial charge is 0.275 e. The van der Waals surface area contributed by atoms with E-state index in [1.807, 2.05) is 24.3 Å². The van der Waals surface area contributed by atoms with Crippen molar-refractivity contribution < 1.29 is 13.9 Å². The molecular formula is C19H15FN6O2S. The predicted octanol–water partition coefficient (Wildman–Crippen LogP) is 3.49. The SMILES string of the molecule is COc1ccc(-c2nc(C(=O)Nc3ccc(F)c(-n4nnnc4C)c3)cs2)cc1. The van der Waals surface area contributed by atoms with Crippen molar-refractivity contribution in [1.82, 2.24) is 25.2 Å². The number of anilines is 1. The first kappa shape index (κ1) is 18.7. The van der Waals surface area contributed by atoms with E-state index in [1.54, 1.807) is 19.4 Å². The molecule has 0 radical (unpaired) electrons. The number of methoxy groups -OCH3 is 1. The lowest BCUT2D eigenvalue weighted by Gasteiger charge is -2.08. The van der Waals surface area contributed by atoms with Crippen LogP contribution in [0.3, 0.4) is 0 Å². The molecule has 8 nitrogen and oxygen atoms in total. The van der Waals surface area contributed by atoms with Crippen LogP contribution in [0.5, 0.6) is 5.75 Å². The fourth-order valence-electron chi connectivity index (χ4n) is 2.65. The maximum atomic E-state index is 14.2. The molecule has 4 rings (SSSR count). The van der Waals surface area contributed by atoms with E-state index in [0.717, 1.165) is 11.3 Å². The van der Waals surface area contributed by atoms with Crippen LogP contribution in [0.15, 0.2) is 47.8 Å². The zero-order valence-corrected chi connectivity index (χ0v) is 16.3. The normalized spacial score (nSPS) is 10.7. The molecular weight excluding hydrogens is 395 g/mol. The summed E-state index contributed by atoms with van der Waals surface area (Å²) >= 11 is 1.36. The number of tetrazole rings is 1. The van der Waals surface area contributed by atoms with Gasteiger partial charge in [0, 0.05) is 16.6 Å². The number of thiazole rings is 1. The Morgan fingerprint density at radius 2 is 2.00 bits per heavy atom. The molecule has 10 heteroatoms. The average molecular weight is 410 g/mol. The highest BCUT2D eigenvalue weighted by Gasteiger charge is 2.15. The van der Waals surface area contributed by atoms with Crippen LogP contribution < -0.4 is 10.1 Å². The standard InChI is InChI=1S/C19H15FN6O2S/c1-11-23-24-25-26(11)17-9-13(5-8-15(17)20)21-18(27)16-10-29-19(22-16)12-3-6-14(28-2)7-4-12/h3-10H,1-2H3,(H,21,27). The van der Waals surface area contributed by atoms with Crippen molar-refractivity contribution in [2.24, 2.45) is 0 Å². The number of rotatable bonds is 5. The lowest BCUT2D eigenvalue weighted by Crippen LogP contribution is -2.13. The molecule has 0 spiro atoms. The molecule has 0 aliphatic heterocycles. The highest BCUT2D eigenvalue weighted by molar-refractivity contribution is 7.13. The Morgan fingerprint density at radius 1 is 1.21 bits per heavy atom. The molecule has 0 saturated carbocycles. The second-order valence-corrected chi connectivity index (χ2v) is 6.88. The molecule has 2 aromatic heterocycles. The average Bonchev–Trinajstić information content (AvgIpc) is 3.39. The second-order valence-electron chi connectivity index (χ2n) is 6.02. The van der Waals surface area contributed by atoms with Gasteiger partial charge in [0.1, 0.15) is 28.0 Å². The topological polar surface area (TPSA) is 94.8 Å². The Balaban J connectivity index is 1.54. The fourth-order valence-corrected chi connectivity index (χ4v) is 3.45. The summed E-state index contributed by atoms with van der Waals surface area (Å²) in [6.45, 7) is 1.65. The molecule has 0 atom stereocenters. The molecule has 0 unspecified atom stereocenters. The first-order chi connectivity index (χ1) is 14.0. The molecule has 146 valence electrons. The summed E-state index contributed by atoms with van der Waals surface area (Å²) in [6, 6.07) is 11.6. The first-order valence-electron chi connectivity index (χ1n) is 8.51. The summed E-state index contributed by atoms with van der Waals surface area (Å²) in [5.74, 6) is 0.269. The highest BCUT2D eigenvalue weighted by atomic mass is 32.1. The van der Waals surface area contributed by atoms with Crippen LogP contribution in [0.1, 0.15) is 16.3 Å². The maximum absolute atomic E-state index is 14.2. The quantitative estimate of drug-likeness (QED) is 0.541. The van der Waals surface area contributed by atoms with Gasteiger partial charge in [0.25, 0.3) is 5.91 Å². The van der Waals surface area contributed by atoms with E-state index in [9.17, 15) is 9.18 Å². The number of amides is 1. The number of aryl methyl sites for hydroxylation is 1. The number of carbonyl (C=O) groups is 1. The summed E-state index contributed by atoms with van der Waals surface area (Å²) in [7, 11) is 1.60. The van der Waals surface area contributed by atoms with Gasteiger partial charge in [-0.15, -0.1) is 16.4 Å². The number of hydrogen-bond acceptors (Lipinski definition) is 7. The van der Waals surface area contributed by atoms with E-state index in [4.69, 9.17) is 4.74 Å². The Labute approximate surface area is 169 Å². The van der Waals surface area contributed by atoms with Gasteiger partial charge in [0.15, 0.2) is 5.82 Å².